The third-order valence-corrected chi connectivity index (χ3v) is 6.15. The first-order chi connectivity index (χ1) is 11.5. The van der Waals surface area contributed by atoms with Gasteiger partial charge in [-0.3, -0.25) is 9.59 Å². The Hall–Kier alpha value is -1.37. The van der Waals surface area contributed by atoms with Gasteiger partial charge in [-0.2, -0.15) is 0 Å². The molecule has 0 unspecified atom stereocenters. The number of hydrogen-bond acceptors (Lipinski definition) is 5. The van der Waals surface area contributed by atoms with Crippen molar-refractivity contribution >= 4 is 57.2 Å². The maximum atomic E-state index is 12.7. The van der Waals surface area contributed by atoms with E-state index in [0.717, 1.165) is 11.3 Å². The monoisotopic (exact) mass is 403 g/mol. The van der Waals surface area contributed by atoms with E-state index in [1.54, 1.807) is 13.0 Å². The first-order valence-corrected chi connectivity index (χ1v) is 9.15. The van der Waals surface area contributed by atoms with Crippen molar-refractivity contribution in [2.24, 2.45) is 17.3 Å². The topological polar surface area (TPSA) is 72.5 Å². The fourth-order valence-electron chi connectivity index (χ4n) is 3.10. The van der Waals surface area contributed by atoms with E-state index in [1.165, 1.54) is 14.0 Å². The minimum atomic E-state index is -0.591. The highest BCUT2D eigenvalue weighted by Crippen LogP contribution is 2.60. The Morgan fingerprint density at radius 2 is 1.88 bits per heavy atom. The van der Waals surface area contributed by atoms with Crippen molar-refractivity contribution in [3.63, 3.8) is 0 Å². The van der Waals surface area contributed by atoms with Crippen molar-refractivity contribution in [3.8, 4) is 0 Å². The predicted molar refractivity (Wildman–Crippen MR) is 99.6 cm³/mol. The molecule has 1 N–H and O–H groups in total. The van der Waals surface area contributed by atoms with E-state index in [2.05, 4.69) is 5.32 Å². The summed E-state index contributed by atoms with van der Waals surface area (Å²) >= 11 is 12.5. The van der Waals surface area contributed by atoms with Crippen LogP contribution in [0.1, 0.15) is 46.4 Å². The zero-order valence-electron chi connectivity index (χ0n) is 14.5. The maximum Gasteiger partial charge on any atom is 0.341 e. The van der Waals surface area contributed by atoms with Crippen molar-refractivity contribution in [2.75, 3.05) is 12.4 Å². The lowest BCUT2D eigenvalue weighted by Gasteiger charge is -2.07. The SMILES string of the molecule is COC(=O)c1c(NC(=O)[C@@H]2[C@H](C=C(Cl)Cl)C2(C)C)sc(C(C)=O)c1C. The molecular weight excluding hydrogens is 385 g/mol. The number of methoxy groups -OCH3 is 1. The number of esters is 1. The van der Waals surface area contributed by atoms with Crippen LogP contribution in [0.15, 0.2) is 10.6 Å². The Labute approximate surface area is 160 Å². The quantitative estimate of drug-likeness (QED) is 0.576. The third kappa shape index (κ3) is 3.76. The molecule has 0 bridgehead atoms. The van der Waals surface area contributed by atoms with Gasteiger partial charge in [-0.15, -0.1) is 11.3 Å². The molecule has 25 heavy (non-hydrogen) atoms. The Kier molecular flexibility index (Phi) is 5.66. The summed E-state index contributed by atoms with van der Waals surface area (Å²) in [6.07, 6.45) is 1.65. The van der Waals surface area contributed by atoms with E-state index < -0.39 is 5.97 Å². The summed E-state index contributed by atoms with van der Waals surface area (Å²) in [7, 11) is 1.26. The molecule has 2 rings (SSSR count). The van der Waals surface area contributed by atoms with Crippen LogP contribution in [0.5, 0.6) is 0 Å². The minimum Gasteiger partial charge on any atom is -0.465 e. The summed E-state index contributed by atoms with van der Waals surface area (Å²) in [5.74, 6) is -1.43. The summed E-state index contributed by atoms with van der Waals surface area (Å²) in [6, 6.07) is 0. The standard InChI is InChI=1S/C17H19Cl2NO4S/c1-7-11(16(23)24-5)15(25-13(7)8(2)21)20-14(22)12-9(6-10(18)19)17(12,3)4/h6,9,12H,1-5H3,(H,20,22)/t9-,12-/m0/s1. The number of ketones is 1. The number of amides is 1. The zero-order valence-corrected chi connectivity index (χ0v) is 16.9. The molecule has 1 aliphatic rings. The average molecular weight is 404 g/mol. The lowest BCUT2D eigenvalue weighted by atomic mass is 10.1. The number of halogens is 2. The molecule has 0 saturated heterocycles. The Morgan fingerprint density at radius 3 is 2.36 bits per heavy atom. The summed E-state index contributed by atoms with van der Waals surface area (Å²) < 4.78 is 4.90. The van der Waals surface area contributed by atoms with E-state index >= 15 is 0 Å². The lowest BCUT2D eigenvalue weighted by molar-refractivity contribution is -0.118. The van der Waals surface area contributed by atoms with Crippen LogP contribution >= 0.6 is 34.5 Å². The van der Waals surface area contributed by atoms with Crippen LogP contribution in [0.25, 0.3) is 0 Å². The number of thiophene rings is 1. The number of carbonyl (C=O) groups is 3. The number of Topliss-reactive ketones (excluding diaryl/α,β-unsaturated/α-hetero) is 1. The van der Waals surface area contributed by atoms with Gasteiger partial charge in [0, 0.05) is 0 Å². The average Bonchev–Trinajstić information content (AvgIpc) is 2.85. The van der Waals surface area contributed by atoms with Gasteiger partial charge in [-0.05, 0) is 36.8 Å². The molecule has 0 radical (unpaired) electrons. The molecule has 1 amide bonds. The zero-order chi connectivity index (χ0) is 19.1. The first kappa shape index (κ1) is 19.9. The van der Waals surface area contributed by atoms with Crippen molar-refractivity contribution in [1.29, 1.82) is 0 Å². The van der Waals surface area contributed by atoms with Gasteiger partial charge in [0.25, 0.3) is 0 Å². The van der Waals surface area contributed by atoms with Gasteiger partial charge in [0.1, 0.15) is 9.49 Å². The lowest BCUT2D eigenvalue weighted by Crippen LogP contribution is -2.18. The molecule has 1 aromatic heterocycles. The van der Waals surface area contributed by atoms with Gasteiger partial charge < -0.3 is 10.1 Å². The van der Waals surface area contributed by atoms with Crippen LogP contribution in [-0.4, -0.2) is 24.8 Å². The van der Waals surface area contributed by atoms with Crippen molar-refractivity contribution in [3.05, 3.63) is 26.6 Å². The second-order valence-electron chi connectivity index (χ2n) is 6.58. The molecule has 2 atom stereocenters. The predicted octanol–water partition coefficient (Wildman–Crippen LogP) is 4.58. The highest BCUT2D eigenvalue weighted by molar-refractivity contribution is 7.18. The minimum absolute atomic E-state index is 0.0904. The Balaban J connectivity index is 2.33. The summed E-state index contributed by atoms with van der Waals surface area (Å²) in [4.78, 5) is 36.9. The number of anilines is 1. The molecule has 1 aromatic rings. The van der Waals surface area contributed by atoms with Crippen LogP contribution in [-0.2, 0) is 9.53 Å². The summed E-state index contributed by atoms with van der Waals surface area (Å²) in [6.45, 7) is 6.96. The summed E-state index contributed by atoms with van der Waals surface area (Å²) in [5, 5.41) is 3.10. The Morgan fingerprint density at radius 1 is 1.28 bits per heavy atom. The molecule has 1 aliphatic carbocycles. The van der Waals surface area contributed by atoms with Crippen molar-refractivity contribution in [1.82, 2.24) is 0 Å². The third-order valence-electron chi connectivity index (χ3n) is 4.59. The molecular formula is C17H19Cl2NO4S. The fraction of sp³-hybridized carbons (Fsp3) is 0.471. The number of ether oxygens (including phenoxy) is 1. The van der Waals surface area contributed by atoms with Gasteiger partial charge in [-0.25, -0.2) is 4.79 Å². The molecule has 1 saturated carbocycles. The molecule has 8 heteroatoms. The normalized spacial score (nSPS) is 20.6. The highest BCUT2D eigenvalue weighted by Gasteiger charge is 2.60. The molecule has 0 aliphatic heterocycles. The van der Waals surface area contributed by atoms with Crippen LogP contribution in [0.2, 0.25) is 0 Å². The van der Waals surface area contributed by atoms with Gasteiger partial charge in [-0.1, -0.05) is 37.0 Å². The van der Waals surface area contributed by atoms with E-state index in [9.17, 15) is 14.4 Å². The molecule has 1 fully saturated rings. The number of carbonyl (C=O) groups excluding carboxylic acids is 3. The highest BCUT2D eigenvalue weighted by atomic mass is 35.5. The smallest absolute Gasteiger partial charge is 0.341 e. The molecule has 136 valence electrons. The van der Waals surface area contributed by atoms with Crippen molar-refractivity contribution in [2.45, 2.75) is 27.7 Å². The second kappa shape index (κ2) is 7.09. The maximum absolute atomic E-state index is 12.7. The number of nitrogens with one attached hydrogen (secondary N) is 1. The van der Waals surface area contributed by atoms with Gasteiger partial charge in [0.05, 0.1) is 23.5 Å². The van der Waals surface area contributed by atoms with Gasteiger partial charge in [0.2, 0.25) is 5.91 Å². The van der Waals surface area contributed by atoms with Crippen LogP contribution in [0.4, 0.5) is 5.00 Å². The Bertz CT molecular complexity index is 778. The molecule has 0 spiro atoms. The van der Waals surface area contributed by atoms with Crippen molar-refractivity contribution < 1.29 is 19.1 Å². The molecule has 1 heterocycles. The fourth-order valence-corrected chi connectivity index (χ4v) is 4.46. The largest absolute Gasteiger partial charge is 0.465 e. The number of hydrogen-bond donors (Lipinski definition) is 1. The molecule has 5 nitrogen and oxygen atoms in total. The van der Waals surface area contributed by atoms with Crippen LogP contribution < -0.4 is 5.32 Å². The van der Waals surface area contributed by atoms with Crippen LogP contribution in [0.3, 0.4) is 0 Å². The van der Waals surface area contributed by atoms with Gasteiger partial charge >= 0.3 is 5.97 Å². The molecule has 0 aromatic carbocycles. The van der Waals surface area contributed by atoms with Crippen LogP contribution in [0, 0.1) is 24.2 Å². The van der Waals surface area contributed by atoms with E-state index in [4.69, 9.17) is 27.9 Å². The van der Waals surface area contributed by atoms with E-state index in [-0.39, 0.29) is 39.0 Å². The van der Waals surface area contributed by atoms with E-state index in [0.29, 0.717) is 15.4 Å². The number of rotatable bonds is 5. The first-order valence-electron chi connectivity index (χ1n) is 7.58. The summed E-state index contributed by atoms with van der Waals surface area (Å²) in [5.41, 5.74) is 0.433. The van der Waals surface area contributed by atoms with Gasteiger partial charge in [0.15, 0.2) is 5.78 Å². The van der Waals surface area contributed by atoms with E-state index in [1.807, 2.05) is 13.8 Å². The number of allylic oxidation sites excluding steroid dienone is 1. The second-order valence-corrected chi connectivity index (χ2v) is 8.61.